The van der Waals surface area contributed by atoms with Gasteiger partial charge in [-0.25, -0.2) is 0 Å². The van der Waals surface area contributed by atoms with Gasteiger partial charge in [-0.1, -0.05) is 0 Å². The Morgan fingerprint density at radius 3 is 2.73 bits per heavy atom. The topological polar surface area (TPSA) is 20.3 Å². The zero-order valence-corrected chi connectivity index (χ0v) is 7.71. The lowest BCUT2D eigenvalue weighted by atomic mass is 10.5. The molecule has 0 aliphatic carbocycles. The number of carbonyl (C=O) groups is 1. The van der Waals surface area contributed by atoms with Crippen LogP contribution in [0.25, 0.3) is 0 Å². The number of rotatable bonds is 4. The maximum Gasteiger partial charge on any atom is 0.142 e. The van der Waals surface area contributed by atoms with E-state index in [0.717, 1.165) is 17.7 Å². The van der Waals surface area contributed by atoms with E-state index < -0.39 is 0 Å². The van der Waals surface area contributed by atoms with Gasteiger partial charge in [-0.2, -0.15) is 0 Å². The molecule has 0 amide bonds. The average Bonchev–Trinajstić information content (AvgIpc) is 2.00. The fourth-order valence-electron chi connectivity index (χ4n) is 0.498. The molecule has 0 aliphatic rings. The van der Waals surface area contributed by atoms with Crippen LogP contribution in [-0.2, 0) is 4.79 Å². The van der Waals surface area contributed by atoms with Gasteiger partial charge < -0.3 is 4.90 Å². The van der Waals surface area contributed by atoms with E-state index in [1.807, 2.05) is 25.1 Å². The molecule has 0 saturated heterocycles. The van der Waals surface area contributed by atoms with Crippen molar-refractivity contribution in [3.63, 3.8) is 0 Å². The van der Waals surface area contributed by atoms with Gasteiger partial charge in [-0.3, -0.25) is 4.79 Å². The number of carbonyl (C=O) groups excluding carboxylic acids is 1. The van der Waals surface area contributed by atoms with Crippen LogP contribution in [0.3, 0.4) is 0 Å². The number of allylic oxidation sites excluding steroid dienone is 2. The van der Waals surface area contributed by atoms with Crippen molar-refractivity contribution < 1.29 is 4.79 Å². The van der Waals surface area contributed by atoms with Crippen molar-refractivity contribution in [2.24, 2.45) is 0 Å². The van der Waals surface area contributed by atoms with Gasteiger partial charge in [0.05, 0.1) is 0 Å². The minimum atomic E-state index is 0.732. The fourth-order valence-corrected chi connectivity index (χ4v) is 0.781. The molecule has 0 heterocycles. The van der Waals surface area contributed by atoms with Crippen LogP contribution >= 0.6 is 12.6 Å². The molecule has 2 nitrogen and oxygen atoms in total. The van der Waals surface area contributed by atoms with Crippen LogP contribution in [0.4, 0.5) is 0 Å². The van der Waals surface area contributed by atoms with Gasteiger partial charge in [0, 0.05) is 24.7 Å². The van der Waals surface area contributed by atoms with Gasteiger partial charge in [-0.05, 0) is 19.1 Å². The summed E-state index contributed by atoms with van der Waals surface area (Å²) in [5, 5.41) is 0. The third-order valence-corrected chi connectivity index (χ3v) is 1.46. The Labute approximate surface area is 73.0 Å². The third kappa shape index (κ3) is 5.73. The molecule has 0 aromatic carbocycles. The van der Waals surface area contributed by atoms with Gasteiger partial charge in [0.15, 0.2) is 0 Å². The molecular weight excluding hydrogens is 158 g/mol. The second-order valence-corrected chi connectivity index (χ2v) is 2.64. The molecule has 0 fully saturated rings. The van der Waals surface area contributed by atoms with Gasteiger partial charge in [0.25, 0.3) is 0 Å². The first kappa shape index (κ1) is 10.3. The van der Waals surface area contributed by atoms with Crippen LogP contribution in [0.5, 0.6) is 0 Å². The maximum absolute atomic E-state index is 9.90. The predicted octanol–water partition coefficient (Wildman–Crippen LogP) is 1.46. The summed E-state index contributed by atoms with van der Waals surface area (Å²) in [4.78, 5) is 12.7. The zero-order valence-electron chi connectivity index (χ0n) is 6.82. The molecule has 0 rings (SSSR count). The number of hydrogen-bond donors (Lipinski definition) is 1. The van der Waals surface area contributed by atoms with E-state index in [1.165, 1.54) is 6.08 Å². The molecule has 11 heavy (non-hydrogen) atoms. The molecule has 0 spiro atoms. The van der Waals surface area contributed by atoms with Crippen LogP contribution in [0.1, 0.15) is 6.92 Å². The van der Waals surface area contributed by atoms with Gasteiger partial charge in [0.1, 0.15) is 6.29 Å². The first-order valence-corrected chi connectivity index (χ1v) is 3.88. The number of aldehydes is 1. The quantitative estimate of drug-likeness (QED) is 0.299. The van der Waals surface area contributed by atoms with E-state index in [1.54, 1.807) is 6.08 Å². The standard InChI is InChI=1S/C8H13NOS/c1-3-9(2)7-8(11)5-4-6-10/h4-7,11H,3H2,1-2H3/b5-4-,8-7+. The van der Waals surface area contributed by atoms with E-state index >= 15 is 0 Å². The highest BCUT2D eigenvalue weighted by molar-refractivity contribution is 7.84. The molecular formula is C8H13NOS. The van der Waals surface area contributed by atoms with Gasteiger partial charge in [-0.15, -0.1) is 12.6 Å². The Bertz CT molecular complexity index is 175. The van der Waals surface area contributed by atoms with Crippen LogP contribution in [0.15, 0.2) is 23.3 Å². The average molecular weight is 171 g/mol. The smallest absolute Gasteiger partial charge is 0.142 e. The number of hydrogen-bond acceptors (Lipinski definition) is 3. The lowest BCUT2D eigenvalue weighted by Gasteiger charge is -2.09. The SMILES string of the molecule is CCN(C)/C=C(S)\C=C/C=O. The molecule has 0 aromatic heterocycles. The second kappa shape index (κ2) is 6.04. The monoisotopic (exact) mass is 171 g/mol. The molecule has 62 valence electrons. The van der Waals surface area contributed by atoms with Gasteiger partial charge in [0.2, 0.25) is 0 Å². The minimum absolute atomic E-state index is 0.732. The van der Waals surface area contributed by atoms with Crippen LogP contribution in [-0.4, -0.2) is 24.8 Å². The van der Waals surface area contributed by atoms with Crippen molar-refractivity contribution in [3.8, 4) is 0 Å². The summed E-state index contributed by atoms with van der Waals surface area (Å²) in [6, 6.07) is 0. The van der Waals surface area contributed by atoms with Crippen molar-refractivity contribution >= 4 is 18.9 Å². The first-order valence-electron chi connectivity index (χ1n) is 3.43. The molecule has 0 unspecified atom stereocenters. The summed E-state index contributed by atoms with van der Waals surface area (Å²) in [5.41, 5.74) is 0. The Kier molecular flexibility index (Phi) is 5.65. The third-order valence-electron chi connectivity index (χ3n) is 1.20. The van der Waals surface area contributed by atoms with Gasteiger partial charge >= 0.3 is 0 Å². The summed E-state index contributed by atoms with van der Waals surface area (Å²) in [6.45, 7) is 2.97. The molecule has 3 heteroatoms. The Balaban J connectivity index is 3.98. The highest BCUT2D eigenvalue weighted by atomic mass is 32.1. The molecule has 0 saturated carbocycles. The Hall–Kier alpha value is -0.700. The van der Waals surface area contributed by atoms with Crippen LogP contribution < -0.4 is 0 Å². The van der Waals surface area contributed by atoms with Crippen molar-refractivity contribution in [2.45, 2.75) is 6.92 Å². The number of nitrogens with zero attached hydrogens (tertiary/aromatic N) is 1. The van der Waals surface area contributed by atoms with Crippen LogP contribution in [0, 0.1) is 0 Å². The van der Waals surface area contributed by atoms with Crippen LogP contribution in [0.2, 0.25) is 0 Å². The summed E-state index contributed by atoms with van der Waals surface area (Å²) in [5.74, 6) is 0. The first-order chi connectivity index (χ1) is 5.20. The summed E-state index contributed by atoms with van der Waals surface area (Å²) in [7, 11) is 1.95. The predicted molar refractivity (Wildman–Crippen MR) is 50.6 cm³/mol. The van der Waals surface area contributed by atoms with Crippen molar-refractivity contribution in [3.05, 3.63) is 23.3 Å². The molecule has 0 aromatic rings. The van der Waals surface area contributed by atoms with E-state index in [0.29, 0.717) is 0 Å². The summed E-state index contributed by atoms with van der Waals surface area (Å²) >= 11 is 4.13. The lowest BCUT2D eigenvalue weighted by molar-refractivity contribution is -0.104. The highest BCUT2D eigenvalue weighted by Gasteiger charge is 1.86. The molecule has 0 aliphatic heterocycles. The van der Waals surface area contributed by atoms with Crippen molar-refractivity contribution in [2.75, 3.05) is 13.6 Å². The van der Waals surface area contributed by atoms with E-state index in [2.05, 4.69) is 12.6 Å². The normalized spacial score (nSPS) is 12.1. The lowest BCUT2D eigenvalue weighted by Crippen LogP contribution is -2.08. The van der Waals surface area contributed by atoms with E-state index in [-0.39, 0.29) is 0 Å². The molecule has 0 N–H and O–H groups in total. The minimum Gasteiger partial charge on any atom is -0.380 e. The molecule has 0 radical (unpaired) electrons. The second-order valence-electron chi connectivity index (χ2n) is 2.12. The highest BCUT2D eigenvalue weighted by Crippen LogP contribution is 2.02. The summed E-state index contributed by atoms with van der Waals surface area (Å²) < 4.78 is 0. The zero-order chi connectivity index (χ0) is 8.69. The van der Waals surface area contributed by atoms with Crippen molar-refractivity contribution in [1.29, 1.82) is 0 Å². The van der Waals surface area contributed by atoms with Crippen molar-refractivity contribution in [1.82, 2.24) is 4.90 Å². The van der Waals surface area contributed by atoms with E-state index in [9.17, 15) is 4.79 Å². The van der Waals surface area contributed by atoms with E-state index in [4.69, 9.17) is 0 Å². The summed E-state index contributed by atoms with van der Waals surface area (Å²) in [6.07, 6.45) is 5.67. The molecule has 0 atom stereocenters. The largest absolute Gasteiger partial charge is 0.380 e. The Morgan fingerprint density at radius 2 is 2.27 bits per heavy atom. The fraction of sp³-hybridized carbons (Fsp3) is 0.375. The number of thiol groups is 1. The maximum atomic E-state index is 9.90. The molecule has 0 bridgehead atoms. The Morgan fingerprint density at radius 1 is 1.64 bits per heavy atom.